The largest absolute Gasteiger partial charge is 0.355 e. The van der Waals surface area contributed by atoms with Gasteiger partial charge in [0.15, 0.2) is 0 Å². The predicted molar refractivity (Wildman–Crippen MR) is 105 cm³/mol. The van der Waals surface area contributed by atoms with Gasteiger partial charge in [-0.25, -0.2) is 0 Å². The van der Waals surface area contributed by atoms with E-state index in [2.05, 4.69) is 62.3 Å². The number of hydrogen-bond donors (Lipinski definition) is 1. The van der Waals surface area contributed by atoms with Crippen molar-refractivity contribution >= 4 is 17.3 Å². The number of pyridine rings is 1. The second kappa shape index (κ2) is 8.15. The molecule has 1 amide bonds. The minimum Gasteiger partial charge on any atom is -0.355 e. The maximum Gasteiger partial charge on any atom is 0.272 e. The summed E-state index contributed by atoms with van der Waals surface area (Å²) < 4.78 is 0. The molecule has 1 N–H and O–H groups in total. The second-order valence-corrected chi connectivity index (χ2v) is 7.46. The first kappa shape index (κ1) is 19.0. The van der Waals surface area contributed by atoms with E-state index in [1.165, 1.54) is 5.56 Å². The number of benzene rings is 1. The van der Waals surface area contributed by atoms with E-state index in [4.69, 9.17) is 0 Å². The molecule has 0 fully saturated rings. The Morgan fingerprint density at radius 1 is 1.12 bits per heavy atom. The Bertz CT molecular complexity index is 702. The van der Waals surface area contributed by atoms with Crippen molar-refractivity contribution in [3.8, 4) is 0 Å². The summed E-state index contributed by atoms with van der Waals surface area (Å²) in [6, 6.07) is 12.1. The lowest BCUT2D eigenvalue weighted by atomic mass is 9.87. The fourth-order valence-corrected chi connectivity index (χ4v) is 2.54. The lowest BCUT2D eigenvalue weighted by Crippen LogP contribution is -2.28. The lowest BCUT2D eigenvalue weighted by Gasteiger charge is -2.19. The number of anilines is 2. The fraction of sp³-hybridized carbons (Fsp3) is 0.429. The van der Waals surface area contributed by atoms with Crippen LogP contribution in [-0.2, 0) is 5.41 Å². The summed E-state index contributed by atoms with van der Waals surface area (Å²) in [6.07, 6.45) is 3.74. The maximum absolute atomic E-state index is 12.4. The number of nitrogens with one attached hydrogen (secondary N) is 1. The third-order valence-electron chi connectivity index (χ3n) is 4.21. The van der Waals surface area contributed by atoms with E-state index in [9.17, 15) is 4.79 Å². The van der Waals surface area contributed by atoms with Gasteiger partial charge in [-0.2, -0.15) is 0 Å². The molecule has 0 atom stereocenters. The van der Waals surface area contributed by atoms with Crippen molar-refractivity contribution in [1.29, 1.82) is 0 Å². The maximum atomic E-state index is 12.4. The van der Waals surface area contributed by atoms with Gasteiger partial charge in [0.1, 0.15) is 5.69 Å². The molecule has 0 unspecified atom stereocenters. The van der Waals surface area contributed by atoms with Crippen LogP contribution in [0.5, 0.6) is 0 Å². The van der Waals surface area contributed by atoms with Gasteiger partial charge in [0.25, 0.3) is 5.91 Å². The number of amides is 1. The molecule has 0 saturated carbocycles. The zero-order chi connectivity index (χ0) is 18.4. The van der Waals surface area contributed by atoms with Crippen LogP contribution in [0, 0.1) is 0 Å². The van der Waals surface area contributed by atoms with Crippen LogP contribution in [0.25, 0.3) is 0 Å². The zero-order valence-corrected chi connectivity index (χ0v) is 16.0. The molecule has 0 spiro atoms. The highest BCUT2D eigenvalue weighted by Gasteiger charge is 2.14. The first-order chi connectivity index (χ1) is 11.8. The Labute approximate surface area is 151 Å². The van der Waals surface area contributed by atoms with Crippen molar-refractivity contribution in [2.24, 2.45) is 0 Å². The van der Waals surface area contributed by atoms with Crippen molar-refractivity contribution in [2.45, 2.75) is 46.0 Å². The zero-order valence-electron chi connectivity index (χ0n) is 16.0. The van der Waals surface area contributed by atoms with E-state index in [1.54, 1.807) is 11.1 Å². The molecule has 1 aromatic carbocycles. The van der Waals surface area contributed by atoms with Crippen molar-refractivity contribution in [3.63, 3.8) is 0 Å². The van der Waals surface area contributed by atoms with Gasteiger partial charge in [0.05, 0.1) is 0 Å². The highest BCUT2D eigenvalue weighted by molar-refractivity contribution is 5.93. The lowest BCUT2D eigenvalue weighted by molar-refractivity contribution is 0.0787. The van der Waals surface area contributed by atoms with Crippen molar-refractivity contribution in [2.75, 3.05) is 18.9 Å². The monoisotopic (exact) mass is 339 g/mol. The van der Waals surface area contributed by atoms with E-state index < -0.39 is 0 Å². The molecule has 0 aliphatic carbocycles. The van der Waals surface area contributed by atoms with Crippen LogP contribution in [0.3, 0.4) is 0 Å². The van der Waals surface area contributed by atoms with Gasteiger partial charge in [0.2, 0.25) is 0 Å². The second-order valence-electron chi connectivity index (χ2n) is 7.46. The minimum atomic E-state index is -0.0415. The molecule has 0 aliphatic rings. The highest BCUT2D eigenvalue weighted by atomic mass is 16.2. The molecule has 0 radical (unpaired) electrons. The van der Waals surface area contributed by atoms with Gasteiger partial charge in [-0.1, -0.05) is 46.2 Å². The van der Waals surface area contributed by atoms with E-state index in [0.29, 0.717) is 5.69 Å². The van der Waals surface area contributed by atoms with Gasteiger partial charge in [-0.15, -0.1) is 0 Å². The Morgan fingerprint density at radius 2 is 1.80 bits per heavy atom. The number of hydrogen-bond acceptors (Lipinski definition) is 3. The number of carbonyl (C=O) groups is 1. The van der Waals surface area contributed by atoms with Gasteiger partial charge in [-0.3, -0.25) is 9.78 Å². The van der Waals surface area contributed by atoms with Gasteiger partial charge < -0.3 is 10.2 Å². The number of rotatable bonds is 6. The summed E-state index contributed by atoms with van der Waals surface area (Å²) in [6.45, 7) is 9.47. The van der Waals surface area contributed by atoms with Crippen LogP contribution in [0.15, 0.2) is 42.6 Å². The first-order valence-electron chi connectivity index (χ1n) is 8.90. The molecule has 2 aromatic rings. The van der Waals surface area contributed by atoms with Gasteiger partial charge in [-0.05, 0) is 41.7 Å². The van der Waals surface area contributed by atoms with Crippen LogP contribution in [0.1, 0.15) is 56.6 Å². The van der Waals surface area contributed by atoms with Crippen LogP contribution >= 0.6 is 0 Å². The molecule has 0 bridgehead atoms. The molecule has 25 heavy (non-hydrogen) atoms. The molecule has 0 aliphatic heterocycles. The highest BCUT2D eigenvalue weighted by Crippen LogP contribution is 2.25. The molecule has 4 nitrogen and oxygen atoms in total. The smallest absolute Gasteiger partial charge is 0.272 e. The third kappa shape index (κ3) is 5.31. The summed E-state index contributed by atoms with van der Waals surface area (Å²) in [5, 5.41) is 3.35. The van der Waals surface area contributed by atoms with Crippen LogP contribution in [-0.4, -0.2) is 29.4 Å². The molecule has 1 aromatic heterocycles. The Morgan fingerprint density at radius 3 is 2.40 bits per heavy atom. The van der Waals surface area contributed by atoms with E-state index in [0.717, 1.165) is 30.8 Å². The Balaban J connectivity index is 2.10. The number of nitrogens with zero attached hydrogens (tertiary/aromatic N) is 2. The van der Waals surface area contributed by atoms with Crippen LogP contribution < -0.4 is 5.32 Å². The SMILES string of the molecule is CCCCN(C)C(=O)c1cc(Nc2ccc(C(C)(C)C)cc2)ccn1. The molecule has 2 rings (SSSR count). The van der Waals surface area contributed by atoms with Crippen molar-refractivity contribution in [1.82, 2.24) is 9.88 Å². The quantitative estimate of drug-likeness (QED) is 0.806. The van der Waals surface area contributed by atoms with E-state index in [1.807, 2.05) is 19.2 Å². The normalized spacial score (nSPS) is 11.2. The number of carbonyl (C=O) groups excluding carboxylic acids is 1. The van der Waals surface area contributed by atoms with Crippen LogP contribution in [0.4, 0.5) is 11.4 Å². The summed E-state index contributed by atoms with van der Waals surface area (Å²) in [7, 11) is 1.82. The summed E-state index contributed by atoms with van der Waals surface area (Å²) in [5.74, 6) is -0.0415. The average Bonchev–Trinajstić information content (AvgIpc) is 2.59. The summed E-state index contributed by atoms with van der Waals surface area (Å²) in [5.41, 5.74) is 3.76. The average molecular weight is 339 g/mol. The third-order valence-corrected chi connectivity index (χ3v) is 4.21. The van der Waals surface area contributed by atoms with Gasteiger partial charge >= 0.3 is 0 Å². The summed E-state index contributed by atoms with van der Waals surface area (Å²) >= 11 is 0. The summed E-state index contributed by atoms with van der Waals surface area (Å²) in [4.78, 5) is 18.4. The van der Waals surface area contributed by atoms with E-state index >= 15 is 0 Å². The first-order valence-corrected chi connectivity index (χ1v) is 8.90. The fourth-order valence-electron chi connectivity index (χ4n) is 2.54. The standard InChI is InChI=1S/C21H29N3O/c1-6-7-14-24(5)20(25)19-15-18(12-13-22-19)23-17-10-8-16(9-11-17)21(2,3)4/h8-13,15H,6-7,14H2,1-5H3,(H,22,23). The number of unbranched alkanes of at least 4 members (excludes halogenated alkanes) is 1. The van der Waals surface area contributed by atoms with E-state index in [-0.39, 0.29) is 11.3 Å². The van der Waals surface area contributed by atoms with Gasteiger partial charge in [0, 0.05) is 31.2 Å². The molecular weight excluding hydrogens is 310 g/mol. The molecule has 1 heterocycles. The topological polar surface area (TPSA) is 45.2 Å². The Kier molecular flexibility index (Phi) is 6.18. The Hall–Kier alpha value is -2.36. The van der Waals surface area contributed by atoms with Crippen molar-refractivity contribution in [3.05, 3.63) is 53.9 Å². The molecule has 0 saturated heterocycles. The molecular formula is C21H29N3O. The van der Waals surface area contributed by atoms with Crippen LogP contribution in [0.2, 0.25) is 0 Å². The molecule has 4 heteroatoms. The number of aromatic nitrogens is 1. The molecule has 134 valence electrons. The van der Waals surface area contributed by atoms with Crippen molar-refractivity contribution < 1.29 is 4.79 Å². The predicted octanol–water partition coefficient (Wildman–Crippen LogP) is 4.99. The minimum absolute atomic E-state index is 0.0415.